The minimum absolute atomic E-state index is 0.370. The van der Waals surface area contributed by atoms with Crippen molar-refractivity contribution < 1.29 is 4.74 Å². The number of halogens is 1. The van der Waals surface area contributed by atoms with Gasteiger partial charge in [-0.2, -0.15) is 0 Å². The zero-order valence-electron chi connectivity index (χ0n) is 12.7. The average Bonchev–Trinajstić information content (AvgIpc) is 2.36. The van der Waals surface area contributed by atoms with E-state index in [1.54, 1.807) is 0 Å². The zero-order valence-corrected chi connectivity index (χ0v) is 14.3. The van der Waals surface area contributed by atoms with Crippen molar-refractivity contribution in [2.45, 2.75) is 40.7 Å². The SMILES string of the molecule is CCNC(c1ccc(OCC)cc1Br)C(C)C(C)C. The highest BCUT2D eigenvalue weighted by atomic mass is 79.9. The van der Waals surface area contributed by atoms with Gasteiger partial charge in [-0.3, -0.25) is 0 Å². The number of hydrogen-bond donors (Lipinski definition) is 1. The molecule has 0 bridgehead atoms. The summed E-state index contributed by atoms with van der Waals surface area (Å²) in [7, 11) is 0. The molecule has 1 aromatic rings. The molecule has 0 aliphatic carbocycles. The van der Waals surface area contributed by atoms with Gasteiger partial charge < -0.3 is 10.1 Å². The molecule has 2 atom stereocenters. The van der Waals surface area contributed by atoms with Crippen LogP contribution in [0.4, 0.5) is 0 Å². The number of rotatable bonds is 7. The predicted octanol–water partition coefficient (Wildman–Crippen LogP) is 4.79. The number of hydrogen-bond acceptors (Lipinski definition) is 2. The Morgan fingerprint density at radius 2 is 1.89 bits per heavy atom. The summed E-state index contributed by atoms with van der Waals surface area (Å²) in [6.45, 7) is 12.7. The van der Waals surface area contributed by atoms with Gasteiger partial charge >= 0.3 is 0 Å². The molecular weight excluding hydrogens is 302 g/mol. The Labute approximate surface area is 126 Å². The molecule has 0 aliphatic heterocycles. The quantitative estimate of drug-likeness (QED) is 0.777. The second kappa shape index (κ2) is 7.91. The summed E-state index contributed by atoms with van der Waals surface area (Å²) < 4.78 is 6.66. The van der Waals surface area contributed by atoms with Crippen molar-refractivity contribution in [3.63, 3.8) is 0 Å². The molecule has 0 radical (unpaired) electrons. The topological polar surface area (TPSA) is 21.3 Å². The number of benzene rings is 1. The van der Waals surface area contributed by atoms with Crippen molar-refractivity contribution in [2.24, 2.45) is 11.8 Å². The molecule has 3 heteroatoms. The summed E-state index contributed by atoms with van der Waals surface area (Å²) in [6, 6.07) is 6.66. The van der Waals surface area contributed by atoms with Crippen molar-refractivity contribution in [1.29, 1.82) is 0 Å². The van der Waals surface area contributed by atoms with Crippen LogP contribution in [0.1, 0.15) is 46.2 Å². The van der Waals surface area contributed by atoms with E-state index in [1.807, 2.05) is 6.92 Å². The fraction of sp³-hybridized carbons (Fsp3) is 0.625. The van der Waals surface area contributed by atoms with Gasteiger partial charge in [-0.25, -0.2) is 0 Å². The Kier molecular flexibility index (Phi) is 6.87. The van der Waals surface area contributed by atoms with Gasteiger partial charge in [0.05, 0.1) is 6.61 Å². The fourth-order valence-electron chi connectivity index (χ4n) is 2.20. The largest absolute Gasteiger partial charge is 0.494 e. The molecule has 19 heavy (non-hydrogen) atoms. The summed E-state index contributed by atoms with van der Waals surface area (Å²) >= 11 is 3.69. The second-order valence-electron chi connectivity index (χ2n) is 5.25. The molecular formula is C16H26BrNO. The van der Waals surface area contributed by atoms with E-state index >= 15 is 0 Å². The first kappa shape index (κ1) is 16.5. The molecule has 108 valence electrons. The smallest absolute Gasteiger partial charge is 0.120 e. The Bertz CT molecular complexity index is 392. The highest BCUT2D eigenvalue weighted by molar-refractivity contribution is 9.10. The van der Waals surface area contributed by atoms with Gasteiger partial charge in [0.25, 0.3) is 0 Å². The van der Waals surface area contributed by atoms with Crippen LogP contribution in [0.3, 0.4) is 0 Å². The van der Waals surface area contributed by atoms with E-state index in [0.717, 1.165) is 16.8 Å². The Morgan fingerprint density at radius 3 is 2.37 bits per heavy atom. The molecule has 2 unspecified atom stereocenters. The van der Waals surface area contributed by atoms with Crippen LogP contribution in [0.5, 0.6) is 5.75 Å². The van der Waals surface area contributed by atoms with Crippen molar-refractivity contribution >= 4 is 15.9 Å². The lowest BCUT2D eigenvalue weighted by Crippen LogP contribution is -2.29. The third-order valence-electron chi connectivity index (χ3n) is 3.62. The number of nitrogens with one attached hydrogen (secondary N) is 1. The van der Waals surface area contributed by atoms with E-state index in [4.69, 9.17) is 4.74 Å². The van der Waals surface area contributed by atoms with E-state index in [0.29, 0.717) is 24.5 Å². The minimum atomic E-state index is 0.370. The van der Waals surface area contributed by atoms with Crippen LogP contribution in [0, 0.1) is 11.8 Å². The molecule has 0 saturated heterocycles. The van der Waals surface area contributed by atoms with E-state index in [-0.39, 0.29) is 0 Å². The molecule has 0 aliphatic rings. The summed E-state index contributed by atoms with van der Waals surface area (Å²) in [5.41, 5.74) is 1.31. The first-order chi connectivity index (χ1) is 9.01. The Morgan fingerprint density at radius 1 is 1.21 bits per heavy atom. The first-order valence-corrected chi connectivity index (χ1v) is 7.96. The van der Waals surface area contributed by atoms with Gasteiger partial charge in [0.2, 0.25) is 0 Å². The molecule has 1 N–H and O–H groups in total. The Hall–Kier alpha value is -0.540. The van der Waals surface area contributed by atoms with Gasteiger partial charge in [0.1, 0.15) is 5.75 Å². The fourth-order valence-corrected chi connectivity index (χ4v) is 2.80. The third-order valence-corrected chi connectivity index (χ3v) is 4.31. The summed E-state index contributed by atoms with van der Waals surface area (Å²) in [5, 5.41) is 3.60. The molecule has 2 nitrogen and oxygen atoms in total. The maximum absolute atomic E-state index is 5.54. The van der Waals surface area contributed by atoms with Crippen LogP contribution in [0.15, 0.2) is 22.7 Å². The first-order valence-electron chi connectivity index (χ1n) is 7.16. The van der Waals surface area contributed by atoms with Gasteiger partial charge in [-0.1, -0.05) is 49.7 Å². The van der Waals surface area contributed by atoms with Gasteiger partial charge in [0.15, 0.2) is 0 Å². The van der Waals surface area contributed by atoms with E-state index in [2.05, 4.69) is 67.1 Å². The van der Waals surface area contributed by atoms with Crippen molar-refractivity contribution in [3.05, 3.63) is 28.2 Å². The molecule has 0 saturated carbocycles. The van der Waals surface area contributed by atoms with Crippen LogP contribution in [-0.2, 0) is 0 Å². The normalized spacial score (nSPS) is 14.5. The molecule has 0 fully saturated rings. The summed E-state index contributed by atoms with van der Waals surface area (Å²) in [4.78, 5) is 0. The molecule has 1 rings (SSSR count). The lowest BCUT2D eigenvalue weighted by molar-refractivity contribution is 0.305. The maximum Gasteiger partial charge on any atom is 0.120 e. The number of ether oxygens (including phenoxy) is 1. The maximum atomic E-state index is 5.54. The molecule has 0 aromatic heterocycles. The summed E-state index contributed by atoms with van der Waals surface area (Å²) in [5.74, 6) is 2.14. The van der Waals surface area contributed by atoms with E-state index in [1.165, 1.54) is 5.56 Å². The molecule has 1 aromatic carbocycles. The van der Waals surface area contributed by atoms with E-state index < -0.39 is 0 Å². The lowest BCUT2D eigenvalue weighted by Gasteiger charge is -2.29. The molecule has 0 heterocycles. The molecule has 0 amide bonds. The Balaban J connectivity index is 3.02. The van der Waals surface area contributed by atoms with Crippen molar-refractivity contribution in [1.82, 2.24) is 5.32 Å². The van der Waals surface area contributed by atoms with Gasteiger partial charge in [-0.05, 0) is 43.0 Å². The minimum Gasteiger partial charge on any atom is -0.494 e. The highest BCUT2D eigenvalue weighted by Crippen LogP contribution is 2.34. The van der Waals surface area contributed by atoms with Crippen LogP contribution in [0.25, 0.3) is 0 Å². The summed E-state index contributed by atoms with van der Waals surface area (Å²) in [6.07, 6.45) is 0. The standard InChI is InChI=1S/C16H26BrNO/c1-6-18-16(12(5)11(3)4)14-9-8-13(19-7-2)10-15(14)17/h8-12,16,18H,6-7H2,1-5H3. The zero-order chi connectivity index (χ0) is 14.4. The van der Waals surface area contributed by atoms with E-state index in [9.17, 15) is 0 Å². The third kappa shape index (κ3) is 4.50. The van der Waals surface area contributed by atoms with Crippen LogP contribution >= 0.6 is 15.9 Å². The van der Waals surface area contributed by atoms with Crippen molar-refractivity contribution in [3.8, 4) is 5.75 Å². The van der Waals surface area contributed by atoms with Crippen LogP contribution < -0.4 is 10.1 Å². The van der Waals surface area contributed by atoms with Gasteiger partial charge in [0, 0.05) is 10.5 Å². The monoisotopic (exact) mass is 327 g/mol. The van der Waals surface area contributed by atoms with Gasteiger partial charge in [-0.15, -0.1) is 0 Å². The molecule has 0 spiro atoms. The second-order valence-corrected chi connectivity index (χ2v) is 6.11. The van der Waals surface area contributed by atoms with Crippen LogP contribution in [0.2, 0.25) is 0 Å². The predicted molar refractivity (Wildman–Crippen MR) is 85.7 cm³/mol. The van der Waals surface area contributed by atoms with Crippen molar-refractivity contribution in [2.75, 3.05) is 13.2 Å². The lowest BCUT2D eigenvalue weighted by atomic mass is 9.86. The van der Waals surface area contributed by atoms with Crippen LogP contribution in [-0.4, -0.2) is 13.2 Å². The highest BCUT2D eigenvalue weighted by Gasteiger charge is 2.23. The average molecular weight is 328 g/mol.